The van der Waals surface area contributed by atoms with Crippen LogP contribution in [0.25, 0.3) is 0 Å². The molecular weight excluding hydrogens is 394 g/mol. The van der Waals surface area contributed by atoms with E-state index >= 15 is 0 Å². The van der Waals surface area contributed by atoms with Gasteiger partial charge in [0.15, 0.2) is 0 Å². The summed E-state index contributed by atoms with van der Waals surface area (Å²) in [6.45, 7) is 0.625. The lowest BCUT2D eigenvalue weighted by molar-refractivity contribution is -0.149. The Hall–Kier alpha value is -3.51. The number of nitrogens with one attached hydrogen (secondary N) is 1. The standard InChI is InChI=1S/C25H25NO5/c1-29-19-14-20(30-2)16-21(15-19)31-23(24(27)28)25(18-9-4-3-5-10-18)22-11-7-6-8-17(22)12-13-26-25/h3-11,14-16,23,26H,12-13H2,1-2H3,(H,27,28). The molecule has 0 fully saturated rings. The molecule has 4 rings (SSSR count). The summed E-state index contributed by atoms with van der Waals surface area (Å²) in [4.78, 5) is 12.7. The van der Waals surface area contributed by atoms with Crippen molar-refractivity contribution >= 4 is 5.97 Å². The average molecular weight is 419 g/mol. The normalized spacial score (nSPS) is 18.5. The van der Waals surface area contributed by atoms with Crippen molar-refractivity contribution in [1.82, 2.24) is 5.32 Å². The number of fused-ring (bicyclic) bond motifs is 1. The third-order valence-corrected chi connectivity index (χ3v) is 5.67. The molecule has 2 unspecified atom stereocenters. The highest BCUT2D eigenvalue weighted by atomic mass is 16.5. The summed E-state index contributed by atoms with van der Waals surface area (Å²) in [7, 11) is 3.08. The Morgan fingerprint density at radius 2 is 1.55 bits per heavy atom. The number of carbonyl (C=O) groups is 1. The molecule has 0 saturated heterocycles. The SMILES string of the molecule is COc1cc(OC)cc(OC(C(=O)O)C2(c3ccccc3)NCCc3ccccc32)c1. The summed E-state index contributed by atoms with van der Waals surface area (Å²) >= 11 is 0. The second-order valence-corrected chi connectivity index (χ2v) is 7.39. The Morgan fingerprint density at radius 1 is 0.935 bits per heavy atom. The number of methoxy groups -OCH3 is 2. The predicted octanol–water partition coefficient (Wildman–Crippen LogP) is 3.63. The van der Waals surface area contributed by atoms with Crippen molar-refractivity contribution < 1.29 is 24.1 Å². The van der Waals surface area contributed by atoms with Crippen LogP contribution in [0.15, 0.2) is 72.8 Å². The van der Waals surface area contributed by atoms with Gasteiger partial charge in [0.1, 0.15) is 22.8 Å². The summed E-state index contributed by atoms with van der Waals surface area (Å²) in [6, 6.07) is 22.5. The largest absolute Gasteiger partial charge is 0.496 e. The maximum absolute atomic E-state index is 12.7. The summed E-state index contributed by atoms with van der Waals surface area (Å²) in [5.74, 6) is 0.312. The van der Waals surface area contributed by atoms with Crippen molar-refractivity contribution in [3.05, 3.63) is 89.5 Å². The molecule has 3 aromatic carbocycles. The Kier molecular flexibility index (Phi) is 5.82. The van der Waals surface area contributed by atoms with Crippen LogP contribution in [0.3, 0.4) is 0 Å². The van der Waals surface area contributed by atoms with Gasteiger partial charge in [0.05, 0.1) is 14.2 Å². The van der Waals surface area contributed by atoms with E-state index in [4.69, 9.17) is 14.2 Å². The molecule has 160 valence electrons. The van der Waals surface area contributed by atoms with E-state index < -0.39 is 17.6 Å². The van der Waals surface area contributed by atoms with Gasteiger partial charge in [0.25, 0.3) is 0 Å². The smallest absolute Gasteiger partial charge is 0.347 e. The zero-order chi connectivity index (χ0) is 21.8. The predicted molar refractivity (Wildman–Crippen MR) is 117 cm³/mol. The van der Waals surface area contributed by atoms with Crippen LogP contribution in [0, 0.1) is 0 Å². The van der Waals surface area contributed by atoms with Crippen LogP contribution in [-0.4, -0.2) is 37.9 Å². The second-order valence-electron chi connectivity index (χ2n) is 7.39. The van der Waals surface area contributed by atoms with Gasteiger partial charge in [-0.15, -0.1) is 0 Å². The number of rotatable bonds is 7. The van der Waals surface area contributed by atoms with E-state index in [1.807, 2.05) is 54.6 Å². The maximum Gasteiger partial charge on any atom is 0.347 e. The average Bonchev–Trinajstić information content (AvgIpc) is 2.82. The third kappa shape index (κ3) is 3.82. The molecule has 6 nitrogen and oxygen atoms in total. The molecule has 1 aliphatic rings. The van der Waals surface area contributed by atoms with Crippen LogP contribution in [0.5, 0.6) is 17.2 Å². The first-order valence-corrected chi connectivity index (χ1v) is 10.1. The zero-order valence-electron chi connectivity index (χ0n) is 17.5. The van der Waals surface area contributed by atoms with Gasteiger partial charge in [0, 0.05) is 24.7 Å². The van der Waals surface area contributed by atoms with Gasteiger partial charge >= 0.3 is 5.97 Å². The molecule has 1 heterocycles. The van der Waals surface area contributed by atoms with Gasteiger partial charge in [-0.2, -0.15) is 0 Å². The first-order chi connectivity index (χ1) is 15.1. The molecule has 0 spiro atoms. The Morgan fingerprint density at radius 3 is 2.19 bits per heavy atom. The second kappa shape index (κ2) is 8.70. The molecule has 0 radical (unpaired) electrons. The van der Waals surface area contributed by atoms with Crippen molar-refractivity contribution in [3.8, 4) is 17.2 Å². The van der Waals surface area contributed by atoms with Crippen molar-refractivity contribution in [1.29, 1.82) is 0 Å². The molecule has 6 heteroatoms. The summed E-state index contributed by atoms with van der Waals surface area (Å²) in [5, 5.41) is 13.9. The van der Waals surface area contributed by atoms with Crippen LogP contribution in [-0.2, 0) is 16.8 Å². The van der Waals surface area contributed by atoms with E-state index in [-0.39, 0.29) is 0 Å². The number of carboxylic acid groups (broad SMARTS) is 1. The van der Waals surface area contributed by atoms with Gasteiger partial charge in [0.2, 0.25) is 6.10 Å². The van der Waals surface area contributed by atoms with E-state index in [0.717, 1.165) is 23.1 Å². The highest BCUT2D eigenvalue weighted by Crippen LogP contribution is 2.40. The molecule has 3 aromatic rings. The van der Waals surface area contributed by atoms with Gasteiger partial charge in [-0.1, -0.05) is 54.6 Å². The van der Waals surface area contributed by atoms with Crippen molar-refractivity contribution in [2.24, 2.45) is 0 Å². The summed E-state index contributed by atoms with van der Waals surface area (Å²) < 4.78 is 16.8. The zero-order valence-corrected chi connectivity index (χ0v) is 17.5. The van der Waals surface area contributed by atoms with Gasteiger partial charge in [-0.05, 0) is 23.1 Å². The van der Waals surface area contributed by atoms with E-state index in [1.165, 1.54) is 14.2 Å². The Labute approximate surface area is 181 Å². The topological polar surface area (TPSA) is 77.0 Å². The number of ether oxygens (including phenoxy) is 3. The fourth-order valence-corrected chi connectivity index (χ4v) is 4.27. The number of aliphatic carboxylic acids is 1. The summed E-state index contributed by atoms with van der Waals surface area (Å²) in [5.41, 5.74) is 1.75. The lowest BCUT2D eigenvalue weighted by atomic mass is 9.73. The van der Waals surface area contributed by atoms with Crippen LogP contribution in [0.4, 0.5) is 0 Å². The first-order valence-electron chi connectivity index (χ1n) is 10.1. The minimum absolute atomic E-state index is 0.351. The van der Waals surface area contributed by atoms with Gasteiger partial charge in [-0.3, -0.25) is 5.32 Å². The van der Waals surface area contributed by atoms with E-state index in [1.54, 1.807) is 18.2 Å². The van der Waals surface area contributed by atoms with Gasteiger partial charge in [-0.25, -0.2) is 4.79 Å². The molecule has 1 aliphatic heterocycles. The quantitative estimate of drug-likeness (QED) is 0.609. The molecule has 31 heavy (non-hydrogen) atoms. The molecule has 0 saturated carbocycles. The molecule has 2 atom stereocenters. The van der Waals surface area contributed by atoms with Crippen molar-refractivity contribution in [3.63, 3.8) is 0 Å². The molecule has 0 bridgehead atoms. The highest BCUT2D eigenvalue weighted by molar-refractivity contribution is 5.77. The third-order valence-electron chi connectivity index (χ3n) is 5.67. The fourth-order valence-electron chi connectivity index (χ4n) is 4.27. The lowest BCUT2D eigenvalue weighted by Crippen LogP contribution is -2.60. The number of benzene rings is 3. The highest BCUT2D eigenvalue weighted by Gasteiger charge is 2.50. The van der Waals surface area contributed by atoms with E-state index in [0.29, 0.717) is 23.8 Å². The van der Waals surface area contributed by atoms with Crippen LogP contribution in [0.1, 0.15) is 16.7 Å². The monoisotopic (exact) mass is 419 g/mol. The van der Waals surface area contributed by atoms with E-state index in [9.17, 15) is 9.90 Å². The molecular formula is C25H25NO5. The van der Waals surface area contributed by atoms with Crippen LogP contribution >= 0.6 is 0 Å². The minimum atomic E-state index is -1.24. The number of hydrogen-bond acceptors (Lipinski definition) is 5. The summed E-state index contributed by atoms with van der Waals surface area (Å²) in [6.07, 6.45) is -0.433. The Balaban J connectivity index is 1.89. The van der Waals surface area contributed by atoms with Crippen LogP contribution in [0.2, 0.25) is 0 Å². The fraction of sp³-hybridized carbons (Fsp3) is 0.240. The molecule has 0 aliphatic carbocycles. The number of carboxylic acids is 1. The molecule has 0 aromatic heterocycles. The van der Waals surface area contributed by atoms with E-state index in [2.05, 4.69) is 5.32 Å². The molecule has 0 amide bonds. The minimum Gasteiger partial charge on any atom is -0.496 e. The van der Waals surface area contributed by atoms with Crippen LogP contribution < -0.4 is 19.5 Å². The molecule has 2 N–H and O–H groups in total. The maximum atomic E-state index is 12.7. The first kappa shape index (κ1) is 20.8. The van der Waals surface area contributed by atoms with Crippen molar-refractivity contribution in [2.75, 3.05) is 20.8 Å². The van der Waals surface area contributed by atoms with Crippen molar-refractivity contribution in [2.45, 2.75) is 18.1 Å². The number of hydrogen-bond donors (Lipinski definition) is 2. The lowest BCUT2D eigenvalue weighted by Gasteiger charge is -2.44. The Bertz CT molecular complexity index is 1050. The van der Waals surface area contributed by atoms with Gasteiger partial charge < -0.3 is 19.3 Å².